The molecule has 0 saturated carbocycles. The first-order valence-corrected chi connectivity index (χ1v) is 8.90. The number of aryl methyl sites for hydroxylation is 1. The fourth-order valence-corrected chi connectivity index (χ4v) is 3.05. The second-order valence-corrected chi connectivity index (χ2v) is 6.38. The summed E-state index contributed by atoms with van der Waals surface area (Å²) in [5.74, 6) is 0.896. The van der Waals surface area contributed by atoms with Crippen molar-refractivity contribution < 1.29 is 4.79 Å². The average molecular weight is 349 g/mol. The molecule has 0 radical (unpaired) electrons. The molecule has 1 fully saturated rings. The van der Waals surface area contributed by atoms with Crippen molar-refractivity contribution >= 4 is 17.4 Å². The van der Waals surface area contributed by atoms with Gasteiger partial charge in [-0.2, -0.15) is 5.26 Å². The second-order valence-electron chi connectivity index (χ2n) is 6.38. The SMILES string of the molecule is CCc1cccc(NC(=O)CN2CCN(c3ccc(C#N)cn3)CC2)c1. The van der Waals surface area contributed by atoms with Crippen LogP contribution in [0.25, 0.3) is 0 Å². The van der Waals surface area contributed by atoms with E-state index in [-0.39, 0.29) is 5.91 Å². The van der Waals surface area contributed by atoms with E-state index in [1.807, 2.05) is 24.3 Å². The number of benzene rings is 1. The predicted octanol–water partition coefficient (Wildman–Crippen LogP) is 2.28. The molecule has 0 spiro atoms. The van der Waals surface area contributed by atoms with Crippen molar-refractivity contribution in [2.45, 2.75) is 13.3 Å². The average Bonchev–Trinajstić information content (AvgIpc) is 2.69. The number of piperazine rings is 1. The molecule has 3 rings (SSSR count). The number of pyridine rings is 1. The van der Waals surface area contributed by atoms with Gasteiger partial charge in [0.05, 0.1) is 12.1 Å². The fraction of sp³-hybridized carbons (Fsp3) is 0.350. The number of hydrogen-bond acceptors (Lipinski definition) is 5. The molecule has 0 unspecified atom stereocenters. The monoisotopic (exact) mass is 349 g/mol. The van der Waals surface area contributed by atoms with Gasteiger partial charge in [-0.15, -0.1) is 0 Å². The maximum atomic E-state index is 12.3. The van der Waals surface area contributed by atoms with Gasteiger partial charge in [0.2, 0.25) is 5.91 Å². The Morgan fingerprint density at radius 2 is 2.04 bits per heavy atom. The second kappa shape index (κ2) is 8.45. The van der Waals surface area contributed by atoms with E-state index in [0.717, 1.165) is 44.1 Å². The largest absolute Gasteiger partial charge is 0.354 e. The molecule has 1 aromatic carbocycles. The molecule has 0 aliphatic carbocycles. The Hall–Kier alpha value is -2.91. The third-order valence-electron chi connectivity index (χ3n) is 4.56. The number of nitriles is 1. The van der Waals surface area contributed by atoms with Crippen LogP contribution in [-0.4, -0.2) is 48.5 Å². The van der Waals surface area contributed by atoms with E-state index < -0.39 is 0 Å². The molecule has 0 bridgehead atoms. The number of aromatic nitrogens is 1. The highest BCUT2D eigenvalue weighted by atomic mass is 16.2. The first kappa shape index (κ1) is 17.9. The zero-order chi connectivity index (χ0) is 18.4. The fourth-order valence-electron chi connectivity index (χ4n) is 3.05. The molecule has 1 saturated heterocycles. The summed E-state index contributed by atoms with van der Waals surface area (Å²) in [5.41, 5.74) is 2.64. The van der Waals surface area contributed by atoms with E-state index in [2.05, 4.69) is 39.2 Å². The van der Waals surface area contributed by atoms with E-state index in [0.29, 0.717) is 12.1 Å². The minimum atomic E-state index is 0.0169. The van der Waals surface area contributed by atoms with Crippen molar-refractivity contribution in [3.8, 4) is 6.07 Å². The molecule has 6 nitrogen and oxygen atoms in total. The summed E-state index contributed by atoms with van der Waals surface area (Å²) in [7, 11) is 0. The molecule has 0 atom stereocenters. The van der Waals surface area contributed by atoms with Crippen LogP contribution in [0.5, 0.6) is 0 Å². The van der Waals surface area contributed by atoms with Crippen molar-refractivity contribution in [3.63, 3.8) is 0 Å². The van der Waals surface area contributed by atoms with E-state index in [1.54, 1.807) is 12.3 Å². The van der Waals surface area contributed by atoms with Crippen molar-refractivity contribution in [3.05, 3.63) is 53.7 Å². The Kier molecular flexibility index (Phi) is 5.82. The highest BCUT2D eigenvalue weighted by Gasteiger charge is 2.20. The zero-order valence-corrected chi connectivity index (χ0v) is 15.0. The molecule has 1 aliphatic rings. The molecule has 1 aromatic heterocycles. The lowest BCUT2D eigenvalue weighted by molar-refractivity contribution is -0.117. The summed E-state index contributed by atoms with van der Waals surface area (Å²) >= 11 is 0. The summed E-state index contributed by atoms with van der Waals surface area (Å²) in [4.78, 5) is 21.0. The lowest BCUT2D eigenvalue weighted by atomic mass is 10.1. The third-order valence-corrected chi connectivity index (χ3v) is 4.56. The Morgan fingerprint density at radius 3 is 2.69 bits per heavy atom. The van der Waals surface area contributed by atoms with Crippen LogP contribution < -0.4 is 10.2 Å². The van der Waals surface area contributed by atoms with E-state index in [4.69, 9.17) is 5.26 Å². The molecule has 2 aromatic rings. The maximum absolute atomic E-state index is 12.3. The van der Waals surface area contributed by atoms with Crippen LogP contribution in [0.1, 0.15) is 18.1 Å². The number of carbonyl (C=O) groups excluding carboxylic acids is 1. The van der Waals surface area contributed by atoms with E-state index in [1.165, 1.54) is 5.56 Å². The van der Waals surface area contributed by atoms with E-state index in [9.17, 15) is 4.79 Å². The minimum Gasteiger partial charge on any atom is -0.354 e. The summed E-state index contributed by atoms with van der Waals surface area (Å²) in [5, 5.41) is 11.8. The number of carbonyl (C=O) groups is 1. The van der Waals surface area contributed by atoms with Crippen LogP contribution in [0, 0.1) is 11.3 Å². The Labute approximate surface area is 154 Å². The quantitative estimate of drug-likeness (QED) is 0.896. The topological polar surface area (TPSA) is 72.3 Å². The predicted molar refractivity (Wildman–Crippen MR) is 102 cm³/mol. The number of amides is 1. The number of nitrogens with zero attached hydrogens (tertiary/aromatic N) is 4. The Balaban J connectivity index is 1.48. The molecule has 26 heavy (non-hydrogen) atoms. The van der Waals surface area contributed by atoms with Crippen molar-refractivity contribution in [2.24, 2.45) is 0 Å². The van der Waals surface area contributed by atoms with Gasteiger partial charge < -0.3 is 10.2 Å². The van der Waals surface area contributed by atoms with Gasteiger partial charge in [-0.3, -0.25) is 9.69 Å². The summed E-state index contributed by atoms with van der Waals surface area (Å²) in [6, 6.07) is 13.7. The minimum absolute atomic E-state index is 0.0169. The highest BCUT2D eigenvalue weighted by Crippen LogP contribution is 2.14. The van der Waals surface area contributed by atoms with Gasteiger partial charge in [-0.1, -0.05) is 19.1 Å². The number of nitrogens with one attached hydrogen (secondary N) is 1. The van der Waals surface area contributed by atoms with Gasteiger partial charge in [0.1, 0.15) is 11.9 Å². The van der Waals surface area contributed by atoms with Gasteiger partial charge >= 0.3 is 0 Å². The molecule has 134 valence electrons. The lowest BCUT2D eigenvalue weighted by Crippen LogP contribution is -2.48. The highest BCUT2D eigenvalue weighted by molar-refractivity contribution is 5.92. The number of anilines is 2. The normalized spacial score (nSPS) is 14.7. The smallest absolute Gasteiger partial charge is 0.238 e. The van der Waals surface area contributed by atoms with Crippen LogP contribution in [0.3, 0.4) is 0 Å². The summed E-state index contributed by atoms with van der Waals surface area (Å²) < 4.78 is 0. The standard InChI is InChI=1S/C20H23N5O/c1-2-16-4-3-5-18(12-16)23-20(26)15-24-8-10-25(11-9-24)19-7-6-17(13-21)14-22-19/h3-7,12,14H,2,8-11,15H2,1H3,(H,23,26). The van der Waals surface area contributed by atoms with Crippen molar-refractivity contribution in [2.75, 3.05) is 42.9 Å². The van der Waals surface area contributed by atoms with Gasteiger partial charge in [0.25, 0.3) is 0 Å². The molecular weight excluding hydrogens is 326 g/mol. The Morgan fingerprint density at radius 1 is 1.23 bits per heavy atom. The van der Waals surface area contributed by atoms with E-state index >= 15 is 0 Å². The lowest BCUT2D eigenvalue weighted by Gasteiger charge is -2.35. The first-order chi connectivity index (χ1) is 12.7. The van der Waals surface area contributed by atoms with Crippen LogP contribution >= 0.6 is 0 Å². The molecule has 6 heteroatoms. The molecule has 1 N–H and O–H groups in total. The van der Waals surface area contributed by atoms with Gasteiger partial charge in [0, 0.05) is 38.1 Å². The number of rotatable bonds is 5. The third kappa shape index (κ3) is 4.58. The zero-order valence-electron chi connectivity index (χ0n) is 15.0. The molecule has 1 aliphatic heterocycles. The van der Waals surface area contributed by atoms with Gasteiger partial charge in [0.15, 0.2) is 0 Å². The molecule has 2 heterocycles. The van der Waals surface area contributed by atoms with Crippen LogP contribution in [-0.2, 0) is 11.2 Å². The number of hydrogen-bond donors (Lipinski definition) is 1. The van der Waals surface area contributed by atoms with Crippen LogP contribution in [0.15, 0.2) is 42.6 Å². The van der Waals surface area contributed by atoms with Crippen molar-refractivity contribution in [1.29, 1.82) is 5.26 Å². The van der Waals surface area contributed by atoms with Crippen LogP contribution in [0.4, 0.5) is 11.5 Å². The van der Waals surface area contributed by atoms with Crippen LogP contribution in [0.2, 0.25) is 0 Å². The van der Waals surface area contributed by atoms with Crippen molar-refractivity contribution in [1.82, 2.24) is 9.88 Å². The molecule has 1 amide bonds. The summed E-state index contributed by atoms with van der Waals surface area (Å²) in [6.07, 6.45) is 2.55. The summed E-state index contributed by atoms with van der Waals surface area (Å²) in [6.45, 7) is 5.75. The maximum Gasteiger partial charge on any atom is 0.238 e. The molecular formula is C20H23N5O. The first-order valence-electron chi connectivity index (χ1n) is 8.90. The van der Waals surface area contributed by atoms with Gasteiger partial charge in [-0.25, -0.2) is 4.98 Å². The Bertz CT molecular complexity index is 789. The van der Waals surface area contributed by atoms with Gasteiger partial charge in [-0.05, 0) is 36.2 Å².